The van der Waals surface area contributed by atoms with Crippen LogP contribution in [0.1, 0.15) is 23.3 Å². The predicted molar refractivity (Wildman–Crippen MR) is 124 cm³/mol. The van der Waals surface area contributed by atoms with Gasteiger partial charge in [-0.1, -0.05) is 12.1 Å². The SMILES string of the molecule is CNC(=O)c1nnc(Nc2nc(N3CCC(C(F)(F)F)CC3)ncc2F)cc1-c1ccc(OC(F)F)cc1. The van der Waals surface area contributed by atoms with Crippen LogP contribution in [0.2, 0.25) is 0 Å². The summed E-state index contributed by atoms with van der Waals surface area (Å²) in [6, 6.07) is 6.80. The van der Waals surface area contributed by atoms with Crippen molar-refractivity contribution in [1.82, 2.24) is 25.5 Å². The number of alkyl halides is 5. The second kappa shape index (κ2) is 11.1. The molecule has 1 aliphatic heterocycles. The summed E-state index contributed by atoms with van der Waals surface area (Å²) in [6.45, 7) is -2.92. The first-order valence-electron chi connectivity index (χ1n) is 11.3. The van der Waals surface area contributed by atoms with Crippen molar-refractivity contribution in [2.75, 3.05) is 30.4 Å². The monoisotopic (exact) mass is 541 g/mol. The molecule has 0 radical (unpaired) electrons. The lowest BCUT2D eigenvalue weighted by Crippen LogP contribution is -2.39. The molecule has 9 nitrogen and oxygen atoms in total. The van der Waals surface area contributed by atoms with E-state index in [0.717, 1.165) is 6.20 Å². The molecule has 0 atom stereocenters. The van der Waals surface area contributed by atoms with Crippen LogP contribution in [0.5, 0.6) is 5.75 Å². The van der Waals surface area contributed by atoms with Crippen molar-refractivity contribution in [2.45, 2.75) is 25.6 Å². The lowest BCUT2D eigenvalue weighted by molar-refractivity contribution is -0.179. The van der Waals surface area contributed by atoms with Gasteiger partial charge in [0.25, 0.3) is 5.91 Å². The van der Waals surface area contributed by atoms with Crippen LogP contribution in [0.4, 0.5) is 43.9 Å². The van der Waals surface area contributed by atoms with Gasteiger partial charge in [0, 0.05) is 25.7 Å². The number of amides is 1. The fourth-order valence-electron chi connectivity index (χ4n) is 3.90. The molecule has 1 fully saturated rings. The summed E-state index contributed by atoms with van der Waals surface area (Å²) in [7, 11) is 1.38. The number of piperidine rings is 1. The zero-order chi connectivity index (χ0) is 27.4. The van der Waals surface area contributed by atoms with Crippen molar-refractivity contribution in [3.8, 4) is 16.9 Å². The number of hydrogen-bond acceptors (Lipinski definition) is 8. The molecule has 0 aliphatic carbocycles. The summed E-state index contributed by atoms with van der Waals surface area (Å²) < 4.78 is 82.7. The Morgan fingerprint density at radius 2 is 1.82 bits per heavy atom. The van der Waals surface area contributed by atoms with E-state index in [2.05, 4.69) is 35.5 Å². The van der Waals surface area contributed by atoms with E-state index >= 15 is 0 Å². The third-order valence-electron chi connectivity index (χ3n) is 5.85. The maximum absolute atomic E-state index is 14.5. The summed E-state index contributed by atoms with van der Waals surface area (Å²) in [5.41, 5.74) is 0.561. The number of aromatic nitrogens is 4. The number of rotatable bonds is 7. The van der Waals surface area contributed by atoms with E-state index in [1.54, 1.807) is 0 Å². The molecule has 0 unspecified atom stereocenters. The second-order valence-corrected chi connectivity index (χ2v) is 8.27. The number of hydrogen-bond donors (Lipinski definition) is 2. The van der Waals surface area contributed by atoms with Crippen molar-refractivity contribution < 1.29 is 35.9 Å². The van der Waals surface area contributed by atoms with Gasteiger partial charge in [0.1, 0.15) is 5.75 Å². The van der Waals surface area contributed by atoms with Crippen LogP contribution in [0.15, 0.2) is 36.5 Å². The molecule has 1 amide bonds. The Hall–Kier alpha value is -4.17. The molecular weight excluding hydrogens is 520 g/mol. The number of nitrogens with zero attached hydrogens (tertiary/aromatic N) is 5. The Kier molecular flexibility index (Phi) is 7.83. The molecule has 1 saturated heterocycles. The Labute approximate surface area is 212 Å². The third kappa shape index (κ3) is 6.20. The maximum Gasteiger partial charge on any atom is 0.391 e. The molecule has 38 heavy (non-hydrogen) atoms. The smallest absolute Gasteiger partial charge is 0.391 e. The van der Waals surface area contributed by atoms with Crippen LogP contribution in [0.25, 0.3) is 11.1 Å². The van der Waals surface area contributed by atoms with E-state index in [4.69, 9.17) is 0 Å². The van der Waals surface area contributed by atoms with Gasteiger partial charge in [-0.05, 0) is 36.6 Å². The van der Waals surface area contributed by atoms with Gasteiger partial charge in [-0.2, -0.15) is 26.9 Å². The number of benzene rings is 1. The minimum absolute atomic E-state index is 0.0140. The van der Waals surface area contributed by atoms with Gasteiger partial charge < -0.3 is 20.3 Å². The quantitative estimate of drug-likeness (QED) is 0.420. The van der Waals surface area contributed by atoms with Gasteiger partial charge in [0.2, 0.25) is 5.95 Å². The predicted octanol–water partition coefficient (Wildman–Crippen LogP) is 4.56. The van der Waals surface area contributed by atoms with Crippen LogP contribution < -0.4 is 20.3 Å². The molecule has 2 N–H and O–H groups in total. The molecule has 0 spiro atoms. The van der Waals surface area contributed by atoms with E-state index in [0.29, 0.717) is 5.56 Å². The zero-order valence-electron chi connectivity index (χ0n) is 19.8. The van der Waals surface area contributed by atoms with Crippen molar-refractivity contribution in [3.63, 3.8) is 0 Å². The van der Waals surface area contributed by atoms with Gasteiger partial charge >= 0.3 is 12.8 Å². The first-order chi connectivity index (χ1) is 18.0. The highest BCUT2D eigenvalue weighted by Gasteiger charge is 2.41. The van der Waals surface area contributed by atoms with E-state index in [9.17, 15) is 31.1 Å². The number of carbonyl (C=O) groups is 1. The molecule has 0 bridgehead atoms. The van der Waals surface area contributed by atoms with Crippen LogP contribution in [0, 0.1) is 11.7 Å². The third-order valence-corrected chi connectivity index (χ3v) is 5.85. The fourth-order valence-corrected chi connectivity index (χ4v) is 3.90. The van der Waals surface area contributed by atoms with Crippen molar-refractivity contribution in [3.05, 3.63) is 48.0 Å². The molecule has 3 aromatic rings. The minimum Gasteiger partial charge on any atom is -0.435 e. The maximum atomic E-state index is 14.5. The highest BCUT2D eigenvalue weighted by atomic mass is 19.4. The summed E-state index contributed by atoms with van der Waals surface area (Å²) in [4.78, 5) is 21.9. The summed E-state index contributed by atoms with van der Waals surface area (Å²) in [5.74, 6) is -3.22. The number of anilines is 3. The molecule has 0 saturated carbocycles. The molecule has 15 heteroatoms. The van der Waals surface area contributed by atoms with Gasteiger partial charge in [-0.15, -0.1) is 10.2 Å². The van der Waals surface area contributed by atoms with Gasteiger partial charge in [0.05, 0.1) is 12.1 Å². The molecule has 1 aromatic carbocycles. The van der Waals surface area contributed by atoms with E-state index < -0.39 is 30.4 Å². The van der Waals surface area contributed by atoms with Gasteiger partial charge in [-0.25, -0.2) is 9.37 Å². The minimum atomic E-state index is -4.28. The van der Waals surface area contributed by atoms with Crippen molar-refractivity contribution >= 4 is 23.5 Å². The van der Waals surface area contributed by atoms with Crippen molar-refractivity contribution in [1.29, 1.82) is 0 Å². The molecular formula is C23H21F6N7O2. The Morgan fingerprint density at radius 1 is 1.13 bits per heavy atom. The van der Waals surface area contributed by atoms with E-state index in [-0.39, 0.29) is 60.5 Å². The van der Waals surface area contributed by atoms with Gasteiger partial charge in [-0.3, -0.25) is 4.79 Å². The van der Waals surface area contributed by atoms with Crippen molar-refractivity contribution in [2.24, 2.45) is 5.92 Å². The lowest BCUT2D eigenvalue weighted by atomic mass is 9.96. The van der Waals surface area contributed by atoms with Crippen LogP contribution in [-0.4, -0.2) is 59.0 Å². The summed E-state index contributed by atoms with van der Waals surface area (Å²) >= 11 is 0. The number of nitrogens with one attached hydrogen (secondary N) is 2. The largest absolute Gasteiger partial charge is 0.435 e. The average molecular weight is 541 g/mol. The fraction of sp³-hybridized carbons (Fsp3) is 0.348. The molecule has 202 valence electrons. The molecule has 3 heterocycles. The number of carbonyl (C=O) groups excluding carboxylic acids is 1. The Bertz CT molecular complexity index is 1280. The first kappa shape index (κ1) is 26.9. The van der Waals surface area contributed by atoms with Gasteiger partial charge in [0.15, 0.2) is 23.1 Å². The summed E-state index contributed by atoms with van der Waals surface area (Å²) in [5, 5.41) is 12.9. The highest BCUT2D eigenvalue weighted by molar-refractivity contribution is 5.99. The Balaban J connectivity index is 1.59. The highest BCUT2D eigenvalue weighted by Crippen LogP contribution is 2.35. The normalized spacial score (nSPS) is 14.5. The topological polar surface area (TPSA) is 105 Å². The second-order valence-electron chi connectivity index (χ2n) is 8.27. The van der Waals surface area contributed by atoms with Crippen LogP contribution in [0.3, 0.4) is 0 Å². The number of ether oxygens (including phenoxy) is 1. The van der Waals surface area contributed by atoms with E-state index in [1.807, 2.05) is 0 Å². The van der Waals surface area contributed by atoms with Crippen LogP contribution in [-0.2, 0) is 0 Å². The van der Waals surface area contributed by atoms with E-state index in [1.165, 1.54) is 42.3 Å². The standard InChI is InChI=1S/C23H21F6N7O2/c1-30-20(37)18-15(12-2-4-14(5-3-12)38-21(25)26)10-17(34-35-18)32-19-16(24)11-31-22(33-19)36-8-6-13(7-9-36)23(27,28)29/h2-5,10-11,13,21H,6-9H2,1H3,(H,30,37)(H,31,32,33,34). The summed E-state index contributed by atoms with van der Waals surface area (Å²) in [6.07, 6.45) is -3.67. The zero-order valence-corrected chi connectivity index (χ0v) is 19.8. The molecule has 4 rings (SSSR count). The van der Waals surface area contributed by atoms with Crippen LogP contribution >= 0.6 is 0 Å². The first-order valence-corrected chi connectivity index (χ1v) is 11.3. The average Bonchev–Trinajstić information content (AvgIpc) is 2.89. The lowest BCUT2D eigenvalue weighted by Gasteiger charge is -2.32. The molecule has 1 aliphatic rings. The number of halogens is 6. The Morgan fingerprint density at radius 3 is 2.42 bits per heavy atom. The molecule has 2 aromatic heterocycles.